The van der Waals surface area contributed by atoms with Gasteiger partial charge in [0.05, 0.1) is 0 Å². The SMILES string of the molecule is F[BH-](F)F.F[BH-](F)F.F[N+]12CC[N+](CCl)(CC1)CC2. The van der Waals surface area contributed by atoms with Crippen molar-refractivity contribution in [3.05, 3.63) is 0 Å². The Morgan fingerprint density at radius 3 is 1.21 bits per heavy atom. The summed E-state index contributed by atoms with van der Waals surface area (Å²) in [7, 11) is -8.50. The Bertz CT molecular complexity index is 226. The highest BCUT2D eigenvalue weighted by Gasteiger charge is 2.50. The average molecular weight is 318 g/mol. The van der Waals surface area contributed by atoms with Crippen molar-refractivity contribution in [1.29, 1.82) is 0 Å². The lowest BCUT2D eigenvalue weighted by atomic mass is 10.2. The van der Waals surface area contributed by atoms with Crippen molar-refractivity contribution in [2.45, 2.75) is 0 Å². The molecule has 19 heavy (non-hydrogen) atoms. The normalized spacial score (nSPS) is 32.5. The molecule has 3 fully saturated rings. The van der Waals surface area contributed by atoms with Gasteiger partial charge in [-0.25, -0.2) is 0 Å². The van der Waals surface area contributed by atoms with Gasteiger partial charge in [-0.05, 0) is 4.48 Å². The second-order valence-corrected chi connectivity index (χ2v) is 4.68. The molecule has 0 N–H and O–H groups in total. The Kier molecular flexibility index (Phi) is 8.14. The number of rotatable bonds is 1. The van der Waals surface area contributed by atoms with E-state index in [2.05, 4.69) is 0 Å². The topological polar surface area (TPSA) is 0 Å². The van der Waals surface area contributed by atoms with Crippen LogP contribution < -0.4 is 0 Å². The van der Waals surface area contributed by atoms with Crippen molar-refractivity contribution >= 4 is 26.7 Å². The van der Waals surface area contributed by atoms with Crippen molar-refractivity contribution in [3.63, 3.8) is 0 Å². The lowest BCUT2D eigenvalue weighted by molar-refractivity contribution is -1.15. The highest BCUT2D eigenvalue weighted by molar-refractivity contribution is 6.33. The molecule has 0 aromatic carbocycles. The summed E-state index contributed by atoms with van der Waals surface area (Å²) in [4.78, 5) is 0. The van der Waals surface area contributed by atoms with E-state index in [1.165, 1.54) is 0 Å². The summed E-state index contributed by atoms with van der Waals surface area (Å²) in [5.74, 6) is 0. The fourth-order valence-electron chi connectivity index (χ4n) is 2.02. The van der Waals surface area contributed by atoms with Gasteiger partial charge in [0, 0.05) is 0 Å². The molecule has 0 aromatic rings. The van der Waals surface area contributed by atoms with E-state index in [9.17, 15) is 30.4 Å². The molecule has 3 aliphatic rings. The number of halogens is 8. The third-order valence-corrected chi connectivity index (χ3v) is 3.69. The van der Waals surface area contributed by atoms with Crippen LogP contribution in [-0.4, -0.2) is 69.5 Å². The second kappa shape index (κ2) is 8.21. The van der Waals surface area contributed by atoms with Gasteiger partial charge in [-0.1, -0.05) is 11.6 Å². The van der Waals surface area contributed by atoms with Gasteiger partial charge in [0.15, 0.2) is 25.6 Å². The van der Waals surface area contributed by atoms with Crippen LogP contribution in [0.2, 0.25) is 0 Å². The van der Waals surface area contributed by atoms with E-state index in [-0.39, 0.29) is 4.71 Å². The molecule has 3 rings (SSSR count). The number of alkyl halides is 1. The monoisotopic (exact) mass is 318 g/mol. The van der Waals surface area contributed by atoms with Crippen LogP contribution in [0.3, 0.4) is 0 Å². The standard InChI is InChI=1S/C7H14ClFN2.2BF3H/c8-7-10-1-4-11(9,5-2-10)6-3-10;2*2-1(3)4/h1-7H2;2*1H/q+2;2*-1. The van der Waals surface area contributed by atoms with Gasteiger partial charge in [-0.3, -0.25) is 4.48 Å². The minimum Gasteiger partial charge on any atom is -0.452 e. The van der Waals surface area contributed by atoms with E-state index in [1.807, 2.05) is 0 Å². The quantitative estimate of drug-likeness (QED) is 0.173. The van der Waals surface area contributed by atoms with Gasteiger partial charge >= 0.3 is 15.1 Å². The summed E-state index contributed by atoms with van der Waals surface area (Å²) in [5, 5.41) is 0. The number of hydrogen-bond donors (Lipinski definition) is 0. The number of hydrogen-bond acceptors (Lipinski definition) is 0. The smallest absolute Gasteiger partial charge is 0.452 e. The molecule has 0 aliphatic carbocycles. The average Bonchev–Trinajstić information content (AvgIpc) is 2.29. The van der Waals surface area contributed by atoms with Crippen LogP contribution in [0.25, 0.3) is 0 Å². The van der Waals surface area contributed by atoms with Crippen LogP contribution in [0.15, 0.2) is 0 Å². The minimum absolute atomic E-state index is 0.198. The Morgan fingerprint density at radius 2 is 1.00 bits per heavy atom. The number of piperazine rings is 3. The highest BCUT2D eigenvalue weighted by atomic mass is 35.5. The van der Waals surface area contributed by atoms with Crippen molar-refractivity contribution < 1.29 is 39.6 Å². The lowest BCUT2D eigenvalue weighted by Crippen LogP contribution is -2.71. The Labute approximate surface area is 112 Å². The fourth-order valence-corrected chi connectivity index (χ4v) is 2.38. The molecule has 0 saturated carbocycles. The molecule has 3 saturated heterocycles. The van der Waals surface area contributed by atoms with E-state index < -0.39 is 15.1 Å². The Hall–Kier alpha value is -0.150. The second-order valence-electron chi connectivity index (χ2n) is 4.44. The van der Waals surface area contributed by atoms with E-state index in [4.69, 9.17) is 11.6 Å². The Morgan fingerprint density at radius 1 is 0.737 bits per heavy atom. The predicted octanol–water partition coefficient (Wildman–Crippen LogP) is 1.95. The maximum atomic E-state index is 13.5. The minimum atomic E-state index is -4.25. The highest BCUT2D eigenvalue weighted by Crippen LogP contribution is 2.27. The van der Waals surface area contributed by atoms with Crippen LogP contribution in [0.1, 0.15) is 0 Å². The van der Waals surface area contributed by atoms with Crippen LogP contribution in [-0.2, 0) is 0 Å². The molecule has 2 nitrogen and oxygen atoms in total. The van der Waals surface area contributed by atoms with Crippen molar-refractivity contribution in [3.8, 4) is 0 Å². The third-order valence-electron chi connectivity index (χ3n) is 3.18. The van der Waals surface area contributed by atoms with Gasteiger partial charge in [0.25, 0.3) is 0 Å². The first kappa shape index (κ1) is 18.8. The van der Waals surface area contributed by atoms with Gasteiger partial charge in [0.2, 0.25) is 0 Å². The number of fused-ring (bicyclic) bond motifs is 3. The van der Waals surface area contributed by atoms with Gasteiger partial charge in [0.1, 0.15) is 19.6 Å². The molecular formula is C7H16B2ClF7N2. The van der Waals surface area contributed by atoms with Gasteiger partial charge < -0.3 is 25.9 Å². The zero-order chi connectivity index (χ0) is 15.1. The lowest BCUT2D eigenvalue weighted by Gasteiger charge is -2.48. The van der Waals surface area contributed by atoms with E-state index in [0.717, 1.165) is 24.1 Å². The molecule has 3 aliphatic heterocycles. The van der Waals surface area contributed by atoms with E-state index >= 15 is 0 Å². The largest absolute Gasteiger partial charge is 0.464 e. The molecule has 0 spiro atoms. The maximum absolute atomic E-state index is 13.5. The maximum Gasteiger partial charge on any atom is 0.464 e. The van der Waals surface area contributed by atoms with Gasteiger partial charge in [-0.2, -0.15) is 0 Å². The zero-order valence-electron chi connectivity index (χ0n) is 10.3. The number of quaternary nitrogens is 2. The van der Waals surface area contributed by atoms with Gasteiger partial charge in [-0.15, -0.1) is 4.71 Å². The summed E-state index contributed by atoms with van der Waals surface area (Å²) in [6.45, 7) is 4.81. The van der Waals surface area contributed by atoms with Crippen molar-refractivity contribution in [1.82, 2.24) is 0 Å². The van der Waals surface area contributed by atoms with E-state index in [1.54, 1.807) is 0 Å². The van der Waals surface area contributed by atoms with Crippen molar-refractivity contribution in [2.75, 3.05) is 45.3 Å². The van der Waals surface area contributed by atoms with Crippen LogP contribution >= 0.6 is 11.6 Å². The molecule has 0 aromatic heterocycles. The molecule has 3 heterocycles. The van der Waals surface area contributed by atoms with Crippen molar-refractivity contribution in [2.24, 2.45) is 0 Å². The summed E-state index contributed by atoms with van der Waals surface area (Å²) in [5.41, 5.74) is 0. The summed E-state index contributed by atoms with van der Waals surface area (Å²) in [6.07, 6.45) is 0. The molecule has 0 amide bonds. The summed E-state index contributed by atoms with van der Waals surface area (Å²) >= 11 is 5.85. The molecule has 2 bridgehead atoms. The van der Waals surface area contributed by atoms with Crippen LogP contribution in [0.5, 0.6) is 0 Å². The molecule has 116 valence electrons. The molecule has 0 atom stereocenters. The predicted molar refractivity (Wildman–Crippen MR) is 62.5 cm³/mol. The summed E-state index contributed by atoms with van der Waals surface area (Å²) in [6, 6.07) is 0.667. The van der Waals surface area contributed by atoms with Crippen LogP contribution in [0, 0.1) is 0 Å². The molecule has 12 heteroatoms. The first-order chi connectivity index (χ1) is 8.65. The fraction of sp³-hybridized carbons (Fsp3) is 1.00. The Balaban J connectivity index is 0.000000342. The molecular weight excluding hydrogens is 302 g/mol. The number of nitrogens with zero attached hydrogens (tertiary/aromatic N) is 2. The zero-order valence-corrected chi connectivity index (χ0v) is 11.0. The molecule has 0 unspecified atom stereocenters. The summed E-state index contributed by atoms with van der Waals surface area (Å²) < 4.78 is 72.8. The van der Waals surface area contributed by atoms with Crippen LogP contribution in [0.4, 0.5) is 30.4 Å². The first-order valence-corrected chi connectivity index (χ1v) is 6.29. The first-order valence-electron chi connectivity index (χ1n) is 5.75. The molecule has 0 radical (unpaired) electrons. The van der Waals surface area contributed by atoms with E-state index in [0.29, 0.717) is 25.6 Å². The third kappa shape index (κ3) is 7.88.